The maximum Gasteiger partial charge on any atom is 0.241 e. The van der Waals surface area contributed by atoms with Crippen molar-refractivity contribution in [1.29, 1.82) is 0 Å². The first-order chi connectivity index (χ1) is 7.93. The van der Waals surface area contributed by atoms with Crippen LogP contribution in [0, 0.1) is 17.6 Å². The summed E-state index contributed by atoms with van der Waals surface area (Å²) in [4.78, 5) is 11.7. The van der Waals surface area contributed by atoms with Crippen LogP contribution in [0.3, 0.4) is 0 Å². The van der Waals surface area contributed by atoms with Gasteiger partial charge in [-0.3, -0.25) is 4.79 Å². The Morgan fingerprint density at radius 1 is 1.35 bits per heavy atom. The van der Waals surface area contributed by atoms with E-state index in [2.05, 4.69) is 5.32 Å². The molecule has 0 aliphatic rings. The number of nitrogens with two attached hydrogens (primary N) is 1. The smallest absolute Gasteiger partial charge is 0.241 e. The molecular weight excluding hydrogens is 226 g/mol. The van der Waals surface area contributed by atoms with E-state index in [1.54, 1.807) is 0 Å². The number of hydrogen-bond donors (Lipinski definition) is 2. The standard InChI is InChI=1S/C12H16F2N2O/c1-3-7(2)11(15)12(17)16-10-5-8(13)4-9(14)6-10/h4-7,11H,3,15H2,1-2H3,(H,16,17)/t7?,11-/m0/s1. The van der Waals surface area contributed by atoms with E-state index in [-0.39, 0.29) is 11.6 Å². The van der Waals surface area contributed by atoms with Crippen molar-refractivity contribution in [2.75, 3.05) is 5.32 Å². The lowest BCUT2D eigenvalue weighted by atomic mass is 9.99. The van der Waals surface area contributed by atoms with Crippen molar-refractivity contribution in [3.63, 3.8) is 0 Å². The van der Waals surface area contributed by atoms with Crippen LogP contribution < -0.4 is 11.1 Å². The summed E-state index contributed by atoms with van der Waals surface area (Å²) in [6.45, 7) is 3.76. The molecule has 1 amide bonds. The molecular formula is C12H16F2N2O. The van der Waals surface area contributed by atoms with Gasteiger partial charge in [0.05, 0.1) is 6.04 Å². The van der Waals surface area contributed by atoms with E-state index < -0.39 is 23.6 Å². The van der Waals surface area contributed by atoms with Crippen LogP contribution in [0.1, 0.15) is 20.3 Å². The Kier molecular flexibility index (Phi) is 4.57. The molecule has 0 fully saturated rings. The lowest BCUT2D eigenvalue weighted by Crippen LogP contribution is -2.40. The van der Waals surface area contributed by atoms with Gasteiger partial charge in [0.1, 0.15) is 11.6 Å². The van der Waals surface area contributed by atoms with Gasteiger partial charge in [0.15, 0.2) is 0 Å². The minimum atomic E-state index is -0.739. The molecule has 0 saturated carbocycles. The molecule has 0 bridgehead atoms. The zero-order valence-corrected chi connectivity index (χ0v) is 9.84. The van der Waals surface area contributed by atoms with Gasteiger partial charge in [-0.15, -0.1) is 0 Å². The van der Waals surface area contributed by atoms with Gasteiger partial charge in [-0.05, 0) is 18.1 Å². The predicted molar refractivity (Wildman–Crippen MR) is 62.4 cm³/mol. The van der Waals surface area contributed by atoms with Gasteiger partial charge in [-0.1, -0.05) is 20.3 Å². The Bertz CT molecular complexity index is 389. The van der Waals surface area contributed by atoms with Gasteiger partial charge in [0, 0.05) is 11.8 Å². The summed E-state index contributed by atoms with van der Waals surface area (Å²) in [6, 6.07) is 2.14. The zero-order chi connectivity index (χ0) is 13.0. The van der Waals surface area contributed by atoms with E-state index in [1.807, 2.05) is 13.8 Å². The fourth-order valence-corrected chi connectivity index (χ4v) is 1.36. The second-order valence-corrected chi connectivity index (χ2v) is 4.06. The van der Waals surface area contributed by atoms with Crippen LogP contribution in [0.2, 0.25) is 0 Å². The first-order valence-electron chi connectivity index (χ1n) is 5.46. The van der Waals surface area contributed by atoms with E-state index in [0.717, 1.165) is 24.6 Å². The van der Waals surface area contributed by atoms with Crippen molar-refractivity contribution in [2.45, 2.75) is 26.3 Å². The highest BCUT2D eigenvalue weighted by atomic mass is 19.1. The second-order valence-electron chi connectivity index (χ2n) is 4.06. The van der Waals surface area contributed by atoms with Gasteiger partial charge >= 0.3 is 0 Å². The number of halogens is 2. The molecule has 1 aromatic rings. The molecule has 0 saturated heterocycles. The summed E-state index contributed by atoms with van der Waals surface area (Å²) in [7, 11) is 0. The van der Waals surface area contributed by atoms with E-state index in [0.29, 0.717) is 0 Å². The number of rotatable bonds is 4. The van der Waals surface area contributed by atoms with E-state index >= 15 is 0 Å². The number of amides is 1. The van der Waals surface area contributed by atoms with Crippen LogP contribution in [0.15, 0.2) is 18.2 Å². The Labute approximate surface area is 99.0 Å². The Balaban J connectivity index is 2.74. The number of anilines is 1. The lowest BCUT2D eigenvalue weighted by Gasteiger charge is -2.17. The summed E-state index contributed by atoms with van der Waals surface area (Å²) < 4.78 is 25.8. The summed E-state index contributed by atoms with van der Waals surface area (Å²) in [5, 5.41) is 2.39. The SMILES string of the molecule is CCC(C)[C@H](N)C(=O)Nc1cc(F)cc(F)c1. The molecule has 3 nitrogen and oxygen atoms in total. The van der Waals surface area contributed by atoms with E-state index in [9.17, 15) is 13.6 Å². The van der Waals surface area contributed by atoms with Gasteiger partial charge in [-0.2, -0.15) is 0 Å². The molecule has 2 atom stereocenters. The Morgan fingerprint density at radius 2 is 1.88 bits per heavy atom. The average Bonchev–Trinajstić information content (AvgIpc) is 2.25. The zero-order valence-electron chi connectivity index (χ0n) is 9.84. The summed E-state index contributed by atoms with van der Waals surface area (Å²) in [6.07, 6.45) is 0.756. The fourth-order valence-electron chi connectivity index (χ4n) is 1.36. The molecule has 0 aliphatic heterocycles. The molecule has 94 valence electrons. The topological polar surface area (TPSA) is 55.1 Å². The van der Waals surface area contributed by atoms with Crippen molar-refractivity contribution in [3.8, 4) is 0 Å². The minimum absolute atomic E-state index is 0.00778. The molecule has 0 heterocycles. The minimum Gasteiger partial charge on any atom is -0.325 e. The molecule has 1 unspecified atom stereocenters. The number of carbonyl (C=O) groups is 1. The van der Waals surface area contributed by atoms with Gasteiger partial charge < -0.3 is 11.1 Å². The molecule has 0 aromatic heterocycles. The van der Waals surface area contributed by atoms with Crippen LogP contribution in [0.5, 0.6) is 0 Å². The normalized spacial score (nSPS) is 14.2. The first kappa shape index (κ1) is 13.6. The van der Waals surface area contributed by atoms with Crippen LogP contribution in [0.25, 0.3) is 0 Å². The van der Waals surface area contributed by atoms with Crippen LogP contribution >= 0.6 is 0 Å². The number of benzene rings is 1. The molecule has 17 heavy (non-hydrogen) atoms. The molecule has 0 aliphatic carbocycles. The van der Waals surface area contributed by atoms with Gasteiger partial charge in [0.25, 0.3) is 0 Å². The van der Waals surface area contributed by atoms with Crippen molar-refractivity contribution < 1.29 is 13.6 Å². The van der Waals surface area contributed by atoms with E-state index in [1.165, 1.54) is 0 Å². The quantitative estimate of drug-likeness (QED) is 0.851. The molecule has 0 radical (unpaired) electrons. The third-order valence-electron chi connectivity index (χ3n) is 2.69. The maximum absolute atomic E-state index is 12.9. The average molecular weight is 242 g/mol. The van der Waals surface area contributed by atoms with Crippen molar-refractivity contribution in [1.82, 2.24) is 0 Å². The highest BCUT2D eigenvalue weighted by Gasteiger charge is 2.19. The van der Waals surface area contributed by atoms with Crippen LogP contribution in [0.4, 0.5) is 14.5 Å². The number of hydrogen-bond acceptors (Lipinski definition) is 2. The molecule has 1 aromatic carbocycles. The largest absolute Gasteiger partial charge is 0.325 e. The lowest BCUT2D eigenvalue weighted by molar-refractivity contribution is -0.118. The summed E-state index contributed by atoms with van der Waals surface area (Å²) >= 11 is 0. The third-order valence-corrected chi connectivity index (χ3v) is 2.69. The highest BCUT2D eigenvalue weighted by molar-refractivity contribution is 5.94. The fraction of sp³-hybridized carbons (Fsp3) is 0.417. The van der Waals surface area contributed by atoms with Crippen molar-refractivity contribution >= 4 is 11.6 Å². The summed E-state index contributed by atoms with van der Waals surface area (Å²) in [5.74, 6) is -1.91. The Hall–Kier alpha value is -1.49. The highest BCUT2D eigenvalue weighted by Crippen LogP contribution is 2.14. The van der Waals surface area contributed by atoms with Crippen molar-refractivity contribution in [3.05, 3.63) is 29.8 Å². The van der Waals surface area contributed by atoms with Gasteiger partial charge in [-0.25, -0.2) is 8.78 Å². The predicted octanol–water partition coefficient (Wildman–Crippen LogP) is 2.28. The van der Waals surface area contributed by atoms with Crippen LogP contribution in [-0.4, -0.2) is 11.9 Å². The molecule has 5 heteroatoms. The van der Waals surface area contributed by atoms with Gasteiger partial charge in [0.2, 0.25) is 5.91 Å². The summed E-state index contributed by atoms with van der Waals surface area (Å²) in [5.41, 5.74) is 5.77. The maximum atomic E-state index is 12.9. The molecule has 1 rings (SSSR count). The molecule has 3 N–H and O–H groups in total. The Morgan fingerprint density at radius 3 is 2.35 bits per heavy atom. The third kappa shape index (κ3) is 3.78. The number of carbonyl (C=O) groups excluding carboxylic acids is 1. The monoisotopic (exact) mass is 242 g/mol. The van der Waals surface area contributed by atoms with E-state index in [4.69, 9.17) is 5.73 Å². The van der Waals surface area contributed by atoms with Crippen molar-refractivity contribution in [2.24, 2.45) is 11.7 Å². The molecule has 0 spiro atoms. The van der Waals surface area contributed by atoms with Crippen LogP contribution in [-0.2, 0) is 4.79 Å². The number of nitrogens with one attached hydrogen (secondary N) is 1. The second kappa shape index (κ2) is 5.72. The first-order valence-corrected chi connectivity index (χ1v) is 5.46.